The van der Waals surface area contributed by atoms with Crippen molar-refractivity contribution in [3.8, 4) is 0 Å². The number of rotatable bonds is 6. The molecule has 124 valence electrons. The molecule has 0 atom stereocenters. The lowest BCUT2D eigenvalue weighted by molar-refractivity contribution is 0.0744. The Labute approximate surface area is 147 Å². The van der Waals surface area contributed by atoms with E-state index in [2.05, 4.69) is 64.1 Å². The summed E-state index contributed by atoms with van der Waals surface area (Å²) in [5.41, 5.74) is 4.50. The number of nitrogens with zero attached hydrogens (tertiary/aromatic N) is 2. The van der Waals surface area contributed by atoms with Gasteiger partial charge in [-0.2, -0.15) is 0 Å². The SMILES string of the molecule is c1ccc(C(OCCn2cnc3ccccc32)c2ccccc2)cc1. The van der Waals surface area contributed by atoms with Gasteiger partial charge in [-0.1, -0.05) is 72.8 Å². The zero-order valence-corrected chi connectivity index (χ0v) is 14.0. The molecule has 4 rings (SSSR count). The second-order valence-corrected chi connectivity index (χ2v) is 6.00. The Kier molecular flexibility index (Phi) is 4.57. The molecule has 4 aromatic rings. The van der Waals surface area contributed by atoms with Crippen molar-refractivity contribution in [2.45, 2.75) is 12.6 Å². The van der Waals surface area contributed by atoms with Crippen molar-refractivity contribution in [3.63, 3.8) is 0 Å². The molecule has 0 bridgehead atoms. The number of benzene rings is 3. The normalized spacial score (nSPS) is 11.2. The standard InChI is InChI=1S/C22H20N2O/c1-3-9-18(10-4-1)22(19-11-5-2-6-12-19)25-16-15-24-17-23-20-13-7-8-14-21(20)24/h1-14,17,22H,15-16H2. The van der Waals surface area contributed by atoms with Crippen LogP contribution < -0.4 is 0 Å². The van der Waals surface area contributed by atoms with Gasteiger partial charge in [-0.05, 0) is 23.3 Å². The third-order valence-electron chi connectivity index (χ3n) is 4.35. The van der Waals surface area contributed by atoms with Gasteiger partial charge < -0.3 is 9.30 Å². The van der Waals surface area contributed by atoms with Crippen molar-refractivity contribution >= 4 is 11.0 Å². The fraction of sp³-hybridized carbons (Fsp3) is 0.136. The lowest BCUT2D eigenvalue weighted by atomic mass is 10.0. The minimum absolute atomic E-state index is 0.0582. The number of para-hydroxylation sites is 2. The largest absolute Gasteiger partial charge is 0.367 e. The number of imidazole rings is 1. The molecule has 0 saturated carbocycles. The van der Waals surface area contributed by atoms with Gasteiger partial charge in [-0.25, -0.2) is 4.98 Å². The van der Waals surface area contributed by atoms with E-state index in [4.69, 9.17) is 4.74 Å². The molecule has 0 N–H and O–H groups in total. The first-order chi connectivity index (χ1) is 12.4. The number of hydrogen-bond donors (Lipinski definition) is 0. The van der Waals surface area contributed by atoms with Gasteiger partial charge in [-0.15, -0.1) is 0 Å². The minimum Gasteiger partial charge on any atom is -0.367 e. The van der Waals surface area contributed by atoms with E-state index >= 15 is 0 Å². The average molecular weight is 328 g/mol. The molecular weight excluding hydrogens is 308 g/mol. The first kappa shape index (κ1) is 15.6. The molecule has 1 heterocycles. The van der Waals surface area contributed by atoms with Crippen molar-refractivity contribution in [3.05, 3.63) is 102 Å². The van der Waals surface area contributed by atoms with Crippen LogP contribution in [0.1, 0.15) is 17.2 Å². The molecule has 0 saturated heterocycles. The highest BCUT2D eigenvalue weighted by Crippen LogP contribution is 2.25. The number of ether oxygens (including phenoxy) is 1. The van der Waals surface area contributed by atoms with Crippen LogP contribution in [0, 0.1) is 0 Å². The monoisotopic (exact) mass is 328 g/mol. The van der Waals surface area contributed by atoms with Crippen molar-refractivity contribution in [2.75, 3.05) is 6.61 Å². The molecule has 0 aliphatic heterocycles. The van der Waals surface area contributed by atoms with Gasteiger partial charge >= 0.3 is 0 Å². The Morgan fingerprint density at radius 3 is 2.04 bits per heavy atom. The van der Waals surface area contributed by atoms with E-state index in [0.717, 1.165) is 17.6 Å². The van der Waals surface area contributed by atoms with Crippen molar-refractivity contribution < 1.29 is 4.74 Å². The maximum Gasteiger partial charge on any atom is 0.108 e. The van der Waals surface area contributed by atoms with E-state index in [1.54, 1.807) is 0 Å². The molecular formula is C22H20N2O. The van der Waals surface area contributed by atoms with E-state index in [0.29, 0.717) is 6.61 Å². The fourth-order valence-corrected chi connectivity index (χ4v) is 3.10. The van der Waals surface area contributed by atoms with Gasteiger partial charge in [0.05, 0.1) is 24.0 Å². The summed E-state index contributed by atoms with van der Waals surface area (Å²) in [6, 6.07) is 28.9. The molecule has 25 heavy (non-hydrogen) atoms. The van der Waals surface area contributed by atoms with Crippen molar-refractivity contribution in [1.29, 1.82) is 0 Å². The summed E-state index contributed by atoms with van der Waals surface area (Å²) in [4.78, 5) is 4.44. The predicted octanol–water partition coefficient (Wildman–Crippen LogP) is 4.84. The highest BCUT2D eigenvalue weighted by Gasteiger charge is 2.14. The summed E-state index contributed by atoms with van der Waals surface area (Å²) in [6.45, 7) is 1.39. The number of hydrogen-bond acceptors (Lipinski definition) is 2. The molecule has 0 radical (unpaired) electrons. The van der Waals surface area contributed by atoms with Crippen LogP contribution in [-0.2, 0) is 11.3 Å². The zero-order chi connectivity index (χ0) is 16.9. The fourth-order valence-electron chi connectivity index (χ4n) is 3.10. The quantitative estimate of drug-likeness (QED) is 0.506. The van der Waals surface area contributed by atoms with Crippen LogP contribution in [-0.4, -0.2) is 16.2 Å². The Bertz CT molecular complexity index is 892. The highest BCUT2D eigenvalue weighted by atomic mass is 16.5. The van der Waals surface area contributed by atoms with Crippen molar-refractivity contribution in [1.82, 2.24) is 9.55 Å². The Hall–Kier alpha value is -2.91. The molecule has 0 aliphatic rings. The summed E-state index contributed by atoms with van der Waals surface area (Å²) >= 11 is 0. The van der Waals surface area contributed by atoms with Crippen LogP contribution in [0.15, 0.2) is 91.3 Å². The van der Waals surface area contributed by atoms with Gasteiger partial charge in [0, 0.05) is 6.54 Å². The smallest absolute Gasteiger partial charge is 0.108 e. The van der Waals surface area contributed by atoms with E-state index in [1.807, 2.05) is 36.7 Å². The summed E-state index contributed by atoms with van der Waals surface area (Å²) < 4.78 is 8.43. The molecule has 0 spiro atoms. The summed E-state index contributed by atoms with van der Waals surface area (Å²) in [5, 5.41) is 0. The van der Waals surface area contributed by atoms with Gasteiger partial charge in [0.1, 0.15) is 6.10 Å². The van der Waals surface area contributed by atoms with Gasteiger partial charge in [0.15, 0.2) is 0 Å². The second-order valence-electron chi connectivity index (χ2n) is 6.00. The summed E-state index contributed by atoms with van der Waals surface area (Å²) in [6.07, 6.45) is 1.82. The van der Waals surface area contributed by atoms with E-state index in [9.17, 15) is 0 Å². The molecule has 0 fully saturated rings. The zero-order valence-electron chi connectivity index (χ0n) is 14.0. The topological polar surface area (TPSA) is 27.1 Å². The van der Waals surface area contributed by atoms with Gasteiger partial charge in [-0.3, -0.25) is 0 Å². The van der Waals surface area contributed by atoms with E-state index < -0.39 is 0 Å². The third-order valence-corrected chi connectivity index (χ3v) is 4.35. The summed E-state index contributed by atoms with van der Waals surface area (Å²) in [5.74, 6) is 0. The number of aromatic nitrogens is 2. The van der Waals surface area contributed by atoms with Crippen LogP contribution in [0.2, 0.25) is 0 Å². The van der Waals surface area contributed by atoms with E-state index in [-0.39, 0.29) is 6.10 Å². The lowest BCUT2D eigenvalue weighted by Gasteiger charge is -2.19. The van der Waals surface area contributed by atoms with Gasteiger partial charge in [0.2, 0.25) is 0 Å². The molecule has 0 amide bonds. The van der Waals surface area contributed by atoms with Crippen LogP contribution in [0.3, 0.4) is 0 Å². The van der Waals surface area contributed by atoms with E-state index in [1.165, 1.54) is 11.1 Å². The number of fused-ring (bicyclic) bond motifs is 1. The Balaban J connectivity index is 1.51. The lowest BCUT2D eigenvalue weighted by Crippen LogP contribution is -2.11. The molecule has 1 aromatic heterocycles. The van der Waals surface area contributed by atoms with Crippen molar-refractivity contribution in [2.24, 2.45) is 0 Å². The first-order valence-corrected chi connectivity index (χ1v) is 8.53. The van der Waals surface area contributed by atoms with Crippen LogP contribution in [0.25, 0.3) is 11.0 Å². The molecule has 3 nitrogen and oxygen atoms in total. The minimum atomic E-state index is -0.0582. The maximum atomic E-state index is 6.29. The molecule has 0 unspecified atom stereocenters. The average Bonchev–Trinajstić information content (AvgIpc) is 3.10. The first-order valence-electron chi connectivity index (χ1n) is 8.53. The van der Waals surface area contributed by atoms with Crippen LogP contribution in [0.5, 0.6) is 0 Å². The maximum absolute atomic E-state index is 6.29. The Morgan fingerprint density at radius 1 is 0.760 bits per heavy atom. The highest BCUT2D eigenvalue weighted by molar-refractivity contribution is 5.74. The molecule has 3 aromatic carbocycles. The van der Waals surface area contributed by atoms with Crippen LogP contribution >= 0.6 is 0 Å². The molecule has 0 aliphatic carbocycles. The predicted molar refractivity (Wildman–Crippen MR) is 100 cm³/mol. The summed E-state index contributed by atoms with van der Waals surface area (Å²) in [7, 11) is 0. The molecule has 3 heteroatoms. The third kappa shape index (κ3) is 3.47. The van der Waals surface area contributed by atoms with Gasteiger partial charge in [0.25, 0.3) is 0 Å². The second kappa shape index (κ2) is 7.32. The Morgan fingerprint density at radius 2 is 1.36 bits per heavy atom. The van der Waals surface area contributed by atoms with Crippen LogP contribution in [0.4, 0.5) is 0 Å².